The average Bonchev–Trinajstić information content (AvgIpc) is 2.88. The second-order valence-electron chi connectivity index (χ2n) is 10.3. The molecule has 2 aromatic rings. The molecule has 0 heterocycles. The van der Waals surface area contributed by atoms with Gasteiger partial charge in [0.15, 0.2) is 42.0 Å². The molecule has 1 aliphatic carbocycles. The summed E-state index contributed by atoms with van der Waals surface area (Å²) in [6.07, 6.45) is 4.87. The molecule has 0 saturated heterocycles. The van der Waals surface area contributed by atoms with Crippen LogP contribution < -0.4 is 18.9 Å². The minimum Gasteiger partial charge on any atom is -0.493 e. The van der Waals surface area contributed by atoms with E-state index >= 15 is 0 Å². The number of rotatable bonds is 10. The van der Waals surface area contributed by atoms with Crippen molar-refractivity contribution >= 4 is 29.9 Å². The van der Waals surface area contributed by atoms with Gasteiger partial charge in [-0.25, -0.2) is 9.59 Å². The summed E-state index contributed by atoms with van der Waals surface area (Å²) in [5, 5.41) is 17.8. The number of carbonyl (C=O) groups is 3. The van der Waals surface area contributed by atoms with Gasteiger partial charge in [0, 0.05) is 11.1 Å². The lowest BCUT2D eigenvalue weighted by Crippen LogP contribution is -2.29. The lowest BCUT2D eigenvalue weighted by Gasteiger charge is -2.35. The summed E-state index contributed by atoms with van der Waals surface area (Å²) >= 11 is 0. The van der Waals surface area contributed by atoms with Gasteiger partial charge in [-0.3, -0.25) is 4.79 Å². The topological polar surface area (TPSA) is 129 Å². The normalized spacial score (nSPS) is 17.7. The Morgan fingerprint density at radius 1 is 0.795 bits per heavy atom. The Hall–Kier alpha value is -4.27. The molecule has 3 rings (SSSR count). The molecule has 0 radical (unpaired) electrons. The third-order valence-corrected chi connectivity index (χ3v) is 6.50. The van der Waals surface area contributed by atoms with E-state index in [1.165, 1.54) is 14.2 Å². The molecular weight excluding hydrogens is 504 g/mol. The van der Waals surface area contributed by atoms with E-state index in [1.54, 1.807) is 36.4 Å². The number of carbonyl (C=O) groups excluding carboxylic acids is 1. The Labute approximate surface area is 227 Å². The van der Waals surface area contributed by atoms with Gasteiger partial charge >= 0.3 is 11.9 Å². The van der Waals surface area contributed by atoms with Crippen molar-refractivity contribution in [2.45, 2.75) is 33.6 Å². The quantitative estimate of drug-likeness (QED) is 0.396. The molecule has 0 aliphatic heterocycles. The molecule has 1 saturated carbocycles. The van der Waals surface area contributed by atoms with E-state index in [9.17, 15) is 14.4 Å². The van der Waals surface area contributed by atoms with Crippen molar-refractivity contribution in [3.63, 3.8) is 0 Å². The first-order valence-corrected chi connectivity index (χ1v) is 12.4. The minimum atomic E-state index is -1.09. The van der Waals surface area contributed by atoms with Gasteiger partial charge < -0.3 is 29.2 Å². The van der Waals surface area contributed by atoms with Gasteiger partial charge in [0.05, 0.1) is 14.2 Å². The lowest BCUT2D eigenvalue weighted by molar-refractivity contribution is -0.140. The summed E-state index contributed by atoms with van der Waals surface area (Å²) in [7, 11) is 2.93. The zero-order chi connectivity index (χ0) is 28.7. The molecule has 0 amide bonds. The van der Waals surface area contributed by atoms with Crippen molar-refractivity contribution in [1.82, 2.24) is 0 Å². The summed E-state index contributed by atoms with van der Waals surface area (Å²) in [4.78, 5) is 35.4. The van der Waals surface area contributed by atoms with Gasteiger partial charge in [-0.05, 0) is 71.7 Å². The Morgan fingerprint density at radius 2 is 1.21 bits per heavy atom. The number of hydrogen-bond donors (Lipinski definition) is 2. The zero-order valence-electron chi connectivity index (χ0n) is 22.8. The minimum absolute atomic E-state index is 0.0582. The SMILES string of the molecule is COc1cc(/C=C2\CC(C(C)(C)C)C/C(=C\c3ccc(OCC(=O)O)c(OC)c3)C2=O)ccc1OCC(=O)O. The Morgan fingerprint density at radius 3 is 1.54 bits per heavy atom. The number of benzene rings is 2. The summed E-state index contributed by atoms with van der Waals surface area (Å²) < 4.78 is 21.3. The first-order valence-electron chi connectivity index (χ1n) is 12.4. The van der Waals surface area contributed by atoms with Crippen LogP contribution in [-0.4, -0.2) is 55.4 Å². The monoisotopic (exact) mass is 538 g/mol. The smallest absolute Gasteiger partial charge is 0.341 e. The van der Waals surface area contributed by atoms with Crippen LogP contribution in [0.25, 0.3) is 12.2 Å². The predicted molar refractivity (Wildman–Crippen MR) is 145 cm³/mol. The molecular formula is C30H34O9. The number of methoxy groups -OCH3 is 2. The van der Waals surface area contributed by atoms with Gasteiger partial charge in [-0.2, -0.15) is 0 Å². The number of ether oxygens (including phenoxy) is 4. The number of allylic oxidation sites excluding steroid dienone is 2. The van der Waals surface area contributed by atoms with Crippen LogP contribution in [0.15, 0.2) is 47.5 Å². The molecule has 1 fully saturated rings. The predicted octanol–water partition coefficient (Wildman–Crippen LogP) is 5.12. The van der Waals surface area contributed by atoms with Gasteiger partial charge in [0.1, 0.15) is 0 Å². The van der Waals surface area contributed by atoms with Crippen LogP contribution in [0.3, 0.4) is 0 Å². The number of hydrogen-bond acceptors (Lipinski definition) is 7. The van der Waals surface area contributed by atoms with Crippen LogP contribution in [0.2, 0.25) is 0 Å². The van der Waals surface area contributed by atoms with Gasteiger partial charge in [0.25, 0.3) is 0 Å². The number of ketones is 1. The largest absolute Gasteiger partial charge is 0.493 e. The van der Waals surface area contributed by atoms with E-state index in [0.29, 0.717) is 47.0 Å². The van der Waals surface area contributed by atoms with E-state index in [2.05, 4.69) is 20.8 Å². The highest BCUT2D eigenvalue weighted by Crippen LogP contribution is 2.42. The maximum Gasteiger partial charge on any atom is 0.341 e. The van der Waals surface area contributed by atoms with E-state index in [1.807, 2.05) is 12.2 Å². The highest BCUT2D eigenvalue weighted by molar-refractivity contribution is 6.14. The van der Waals surface area contributed by atoms with E-state index in [4.69, 9.17) is 29.2 Å². The lowest BCUT2D eigenvalue weighted by atomic mass is 9.68. The Kier molecular flexibility index (Phi) is 9.40. The first-order chi connectivity index (χ1) is 18.4. The fourth-order valence-corrected chi connectivity index (χ4v) is 4.32. The van der Waals surface area contributed by atoms with Crippen molar-refractivity contribution in [2.75, 3.05) is 27.4 Å². The van der Waals surface area contributed by atoms with Crippen LogP contribution in [-0.2, 0) is 14.4 Å². The van der Waals surface area contributed by atoms with Crippen molar-refractivity contribution in [3.05, 3.63) is 58.7 Å². The maximum absolute atomic E-state index is 13.6. The van der Waals surface area contributed by atoms with Crippen LogP contribution in [0.4, 0.5) is 0 Å². The average molecular weight is 539 g/mol. The fraction of sp³-hybridized carbons (Fsp3) is 0.367. The highest BCUT2D eigenvalue weighted by atomic mass is 16.5. The number of carboxylic acids is 2. The van der Waals surface area contributed by atoms with Gasteiger partial charge in [0.2, 0.25) is 0 Å². The summed E-state index contributed by atoms with van der Waals surface area (Å²) in [6, 6.07) is 10.2. The van der Waals surface area contributed by atoms with E-state index in [-0.39, 0.29) is 17.1 Å². The molecule has 2 aromatic carbocycles. The van der Waals surface area contributed by atoms with Gasteiger partial charge in [-0.1, -0.05) is 32.9 Å². The maximum atomic E-state index is 13.6. The van der Waals surface area contributed by atoms with E-state index < -0.39 is 25.2 Å². The standard InChI is InChI=1S/C30H34O9/c1-30(2,3)22-14-20(10-18-6-8-23(25(12-18)36-4)38-16-27(31)32)29(35)21(15-22)11-19-7-9-24(26(13-19)37-5)39-17-28(33)34/h6-13,22H,14-17H2,1-5H3,(H,31,32)(H,33,34)/b20-10+,21-11+. The second-order valence-corrected chi connectivity index (χ2v) is 10.3. The fourth-order valence-electron chi connectivity index (χ4n) is 4.32. The molecule has 208 valence electrons. The molecule has 0 spiro atoms. The van der Waals surface area contributed by atoms with Gasteiger partial charge in [-0.15, -0.1) is 0 Å². The summed E-state index contributed by atoms with van der Waals surface area (Å²) in [6.45, 7) is 5.47. The molecule has 1 aliphatic rings. The molecule has 9 heteroatoms. The highest BCUT2D eigenvalue weighted by Gasteiger charge is 2.34. The second kappa shape index (κ2) is 12.5. The molecule has 0 atom stereocenters. The molecule has 0 bridgehead atoms. The molecule has 2 N–H and O–H groups in total. The number of carboxylic acid groups (broad SMARTS) is 2. The molecule has 0 aromatic heterocycles. The molecule has 0 unspecified atom stereocenters. The van der Waals surface area contributed by atoms with Crippen molar-refractivity contribution in [1.29, 1.82) is 0 Å². The number of Topliss-reactive ketones (excluding diaryl/α,β-unsaturated/α-hetero) is 1. The first kappa shape index (κ1) is 29.3. The van der Waals surface area contributed by atoms with Crippen molar-refractivity contribution in [3.8, 4) is 23.0 Å². The van der Waals surface area contributed by atoms with Crippen molar-refractivity contribution in [2.24, 2.45) is 11.3 Å². The van der Waals surface area contributed by atoms with E-state index in [0.717, 1.165) is 11.1 Å². The summed E-state index contributed by atoms with van der Waals surface area (Å²) in [5.74, 6) is -0.709. The van der Waals surface area contributed by atoms with Crippen LogP contribution in [0, 0.1) is 11.3 Å². The van der Waals surface area contributed by atoms with Crippen LogP contribution in [0.1, 0.15) is 44.7 Å². The summed E-state index contributed by atoms with van der Waals surface area (Å²) in [5.41, 5.74) is 2.71. The molecule has 9 nitrogen and oxygen atoms in total. The third kappa shape index (κ3) is 7.86. The third-order valence-electron chi connectivity index (χ3n) is 6.50. The zero-order valence-corrected chi connectivity index (χ0v) is 22.8. The van der Waals surface area contributed by atoms with Crippen molar-refractivity contribution < 1.29 is 43.5 Å². The van der Waals surface area contributed by atoms with Crippen LogP contribution >= 0.6 is 0 Å². The Bertz CT molecular complexity index is 1210. The molecule has 39 heavy (non-hydrogen) atoms. The number of aliphatic carboxylic acids is 2. The Balaban J connectivity index is 1.97. The van der Waals surface area contributed by atoms with Crippen LogP contribution in [0.5, 0.6) is 23.0 Å².